The molecule has 0 saturated carbocycles. The van der Waals surface area contributed by atoms with Crippen molar-refractivity contribution in [2.75, 3.05) is 19.8 Å². The molecular weight excluding hydrogens is 276 g/mol. The Hall–Kier alpha value is -2.48. The Kier molecular flexibility index (Phi) is 3.53. The minimum Gasteiger partial charge on any atom is -0.481 e. The number of ether oxygens (including phenoxy) is 1. The molecule has 2 aromatic rings. The molecule has 0 spiro atoms. The van der Waals surface area contributed by atoms with Gasteiger partial charge in [0.25, 0.3) is 5.91 Å². The molecule has 0 aromatic carbocycles. The van der Waals surface area contributed by atoms with Crippen molar-refractivity contribution >= 4 is 17.5 Å². The second-order valence-corrected chi connectivity index (χ2v) is 4.76. The SMILES string of the molecule is O=C(O)C[C@H]1COCCN1C(=O)c1cnc2cccnn12. The van der Waals surface area contributed by atoms with E-state index in [0.717, 1.165) is 0 Å². The van der Waals surface area contributed by atoms with Gasteiger partial charge in [0, 0.05) is 12.7 Å². The molecule has 3 heterocycles. The summed E-state index contributed by atoms with van der Waals surface area (Å²) in [6.07, 6.45) is 2.88. The highest BCUT2D eigenvalue weighted by molar-refractivity contribution is 5.93. The molecule has 1 fully saturated rings. The van der Waals surface area contributed by atoms with Crippen LogP contribution in [-0.2, 0) is 9.53 Å². The van der Waals surface area contributed by atoms with Gasteiger partial charge in [-0.2, -0.15) is 5.10 Å². The van der Waals surface area contributed by atoms with Crippen molar-refractivity contribution in [3.05, 3.63) is 30.2 Å². The fourth-order valence-corrected chi connectivity index (χ4v) is 2.42. The molecule has 1 aliphatic heterocycles. The molecule has 0 bridgehead atoms. The quantitative estimate of drug-likeness (QED) is 0.857. The van der Waals surface area contributed by atoms with E-state index in [0.29, 0.717) is 24.5 Å². The second-order valence-electron chi connectivity index (χ2n) is 4.76. The normalized spacial score (nSPS) is 18.9. The van der Waals surface area contributed by atoms with Crippen molar-refractivity contribution in [3.8, 4) is 0 Å². The summed E-state index contributed by atoms with van der Waals surface area (Å²) in [7, 11) is 0. The molecule has 3 rings (SSSR count). The summed E-state index contributed by atoms with van der Waals surface area (Å²) >= 11 is 0. The first-order valence-electron chi connectivity index (χ1n) is 6.56. The van der Waals surface area contributed by atoms with Crippen LogP contribution in [0.4, 0.5) is 0 Å². The van der Waals surface area contributed by atoms with Crippen molar-refractivity contribution in [1.82, 2.24) is 19.5 Å². The van der Waals surface area contributed by atoms with E-state index in [1.165, 1.54) is 15.6 Å². The number of aromatic nitrogens is 3. The molecule has 0 unspecified atom stereocenters. The van der Waals surface area contributed by atoms with Crippen molar-refractivity contribution in [2.45, 2.75) is 12.5 Å². The molecule has 1 aliphatic rings. The number of carbonyl (C=O) groups excluding carboxylic acids is 1. The molecule has 2 aromatic heterocycles. The summed E-state index contributed by atoms with van der Waals surface area (Å²) < 4.78 is 6.73. The summed E-state index contributed by atoms with van der Waals surface area (Å²) in [4.78, 5) is 29.2. The highest BCUT2D eigenvalue weighted by atomic mass is 16.5. The molecule has 1 saturated heterocycles. The third-order valence-electron chi connectivity index (χ3n) is 3.40. The monoisotopic (exact) mass is 290 g/mol. The maximum atomic E-state index is 12.6. The van der Waals surface area contributed by atoms with Crippen LogP contribution in [0.2, 0.25) is 0 Å². The maximum absolute atomic E-state index is 12.6. The zero-order chi connectivity index (χ0) is 14.8. The number of amides is 1. The molecule has 0 aliphatic carbocycles. The fourth-order valence-electron chi connectivity index (χ4n) is 2.42. The van der Waals surface area contributed by atoms with Crippen LogP contribution in [0, 0.1) is 0 Å². The van der Waals surface area contributed by atoms with Crippen LogP contribution in [0.3, 0.4) is 0 Å². The van der Waals surface area contributed by atoms with Gasteiger partial charge in [0.05, 0.1) is 31.9 Å². The zero-order valence-corrected chi connectivity index (χ0v) is 11.2. The number of rotatable bonds is 3. The molecule has 0 radical (unpaired) electrons. The minimum atomic E-state index is -0.959. The standard InChI is InChI=1S/C13H14N4O4/c18-12(19)6-9-8-21-5-4-16(9)13(20)10-7-14-11-2-1-3-15-17(10)11/h1-3,7,9H,4-6,8H2,(H,18,19)/t9-/m0/s1. The van der Waals surface area contributed by atoms with Gasteiger partial charge in [0.2, 0.25) is 0 Å². The molecule has 1 atom stereocenters. The third kappa shape index (κ3) is 2.57. The van der Waals surface area contributed by atoms with Gasteiger partial charge in [-0.3, -0.25) is 9.59 Å². The predicted molar refractivity (Wildman–Crippen MR) is 70.9 cm³/mol. The Labute approximate surface area is 119 Å². The maximum Gasteiger partial charge on any atom is 0.305 e. The summed E-state index contributed by atoms with van der Waals surface area (Å²) in [5, 5.41) is 13.0. The fraction of sp³-hybridized carbons (Fsp3) is 0.385. The van der Waals surface area contributed by atoms with Gasteiger partial charge in [-0.05, 0) is 12.1 Å². The van der Waals surface area contributed by atoms with Gasteiger partial charge in [-0.1, -0.05) is 0 Å². The predicted octanol–water partition coefficient (Wildman–Crippen LogP) is 0.0450. The van der Waals surface area contributed by atoms with Crippen LogP contribution in [0.25, 0.3) is 5.65 Å². The molecule has 21 heavy (non-hydrogen) atoms. The van der Waals surface area contributed by atoms with Gasteiger partial charge in [-0.15, -0.1) is 0 Å². The first kappa shape index (κ1) is 13.5. The van der Waals surface area contributed by atoms with E-state index in [2.05, 4.69) is 10.1 Å². The molecule has 1 amide bonds. The van der Waals surface area contributed by atoms with E-state index >= 15 is 0 Å². The smallest absolute Gasteiger partial charge is 0.305 e. The first-order chi connectivity index (χ1) is 10.2. The number of aliphatic carboxylic acids is 1. The summed E-state index contributed by atoms with van der Waals surface area (Å²) in [6, 6.07) is 3.01. The van der Waals surface area contributed by atoms with Gasteiger partial charge >= 0.3 is 5.97 Å². The van der Waals surface area contributed by atoms with Crippen LogP contribution >= 0.6 is 0 Å². The Morgan fingerprint density at radius 2 is 2.33 bits per heavy atom. The van der Waals surface area contributed by atoms with Crippen LogP contribution < -0.4 is 0 Å². The lowest BCUT2D eigenvalue weighted by molar-refractivity contribution is -0.139. The van der Waals surface area contributed by atoms with Crippen LogP contribution in [-0.4, -0.2) is 62.3 Å². The van der Waals surface area contributed by atoms with Crippen molar-refractivity contribution in [1.29, 1.82) is 0 Å². The number of morpholine rings is 1. The lowest BCUT2D eigenvalue weighted by Crippen LogP contribution is -2.49. The number of carbonyl (C=O) groups is 2. The molecule has 1 N–H and O–H groups in total. The van der Waals surface area contributed by atoms with Crippen LogP contribution in [0.5, 0.6) is 0 Å². The number of carboxylic acid groups (broad SMARTS) is 1. The number of imidazole rings is 1. The molecular formula is C13H14N4O4. The van der Waals surface area contributed by atoms with E-state index in [4.69, 9.17) is 9.84 Å². The number of hydrogen-bond donors (Lipinski definition) is 1. The number of carboxylic acids is 1. The molecule has 8 heteroatoms. The first-order valence-corrected chi connectivity index (χ1v) is 6.56. The summed E-state index contributed by atoms with van der Waals surface area (Å²) in [5.74, 6) is -1.24. The number of fused-ring (bicyclic) bond motifs is 1. The third-order valence-corrected chi connectivity index (χ3v) is 3.40. The zero-order valence-electron chi connectivity index (χ0n) is 11.2. The topological polar surface area (TPSA) is 97.0 Å². The van der Waals surface area contributed by atoms with Crippen molar-refractivity contribution in [3.63, 3.8) is 0 Å². The highest BCUT2D eigenvalue weighted by Gasteiger charge is 2.31. The van der Waals surface area contributed by atoms with E-state index in [1.807, 2.05) is 0 Å². The van der Waals surface area contributed by atoms with Gasteiger partial charge in [0.1, 0.15) is 0 Å². The van der Waals surface area contributed by atoms with E-state index < -0.39 is 12.0 Å². The molecule has 8 nitrogen and oxygen atoms in total. The highest BCUT2D eigenvalue weighted by Crippen LogP contribution is 2.15. The second kappa shape index (κ2) is 5.49. The van der Waals surface area contributed by atoms with E-state index in [1.54, 1.807) is 18.3 Å². The van der Waals surface area contributed by atoms with Gasteiger partial charge in [-0.25, -0.2) is 9.50 Å². The van der Waals surface area contributed by atoms with Crippen molar-refractivity contribution < 1.29 is 19.4 Å². The Balaban J connectivity index is 1.90. The summed E-state index contributed by atoms with van der Waals surface area (Å²) in [5.41, 5.74) is 0.895. The lowest BCUT2D eigenvalue weighted by atomic mass is 10.1. The summed E-state index contributed by atoms with van der Waals surface area (Å²) in [6.45, 7) is 0.977. The van der Waals surface area contributed by atoms with Crippen molar-refractivity contribution in [2.24, 2.45) is 0 Å². The average Bonchev–Trinajstić information content (AvgIpc) is 2.90. The van der Waals surface area contributed by atoms with Gasteiger partial charge < -0.3 is 14.7 Å². The number of hydrogen-bond acceptors (Lipinski definition) is 5. The van der Waals surface area contributed by atoms with E-state index in [-0.39, 0.29) is 18.9 Å². The lowest BCUT2D eigenvalue weighted by Gasteiger charge is -2.34. The van der Waals surface area contributed by atoms with E-state index in [9.17, 15) is 9.59 Å². The van der Waals surface area contributed by atoms with Crippen LogP contribution in [0.1, 0.15) is 16.9 Å². The minimum absolute atomic E-state index is 0.143. The largest absolute Gasteiger partial charge is 0.481 e. The Bertz CT molecular complexity index is 684. The van der Waals surface area contributed by atoms with Gasteiger partial charge in [0.15, 0.2) is 11.3 Å². The average molecular weight is 290 g/mol. The number of nitrogens with zero attached hydrogens (tertiary/aromatic N) is 4. The Morgan fingerprint density at radius 3 is 3.14 bits per heavy atom. The van der Waals surface area contributed by atoms with Crippen LogP contribution in [0.15, 0.2) is 24.5 Å². The molecule has 110 valence electrons. The Morgan fingerprint density at radius 1 is 1.48 bits per heavy atom.